The van der Waals surface area contributed by atoms with Gasteiger partial charge in [-0.05, 0) is 300 Å². The molecule has 0 N–H and O–H groups in total. The smallest absolute Gasteiger partial charge is 0.405 e. The standard InChI is InChI=1S/C54H50B2O4.C42H26Br2.C12H24B2O4/c1-51(2)52(3,4)58-55(57-51)39-29-31-41-42-32-30-40(56-59-53(5,6)54(7,8)60-56)34-44(42)50-48(38-27-19-12-20-28-38)46(36-23-15-10-16-24-36)45(35-21-13-9-14-22-35)47(49(50)43(41)33-39)37-25-17-11-18-26-37;43-31-21-23-33-34-24-22-32(44)26-36(34)42-40(30-19-11-4-12-20-30)38(28-15-7-2-8-16-28)37(27-13-5-1-6-14-27)39(41(42)35(33)25-31)29-17-9-3-10-18-29;1-9(2)10(3,4)16-13(15-9)14-17-11(5,6)12(7,8)18-14/h9-34H,1-8H3;1-26H;1-8H3. The molecule has 20 rings (SSSR count). The van der Waals surface area contributed by atoms with Crippen molar-refractivity contribution in [3.8, 4) is 89.0 Å². The minimum atomic E-state index is -0.526. The molecule has 0 aliphatic carbocycles. The Bertz CT molecular complexity index is 6210. The van der Waals surface area contributed by atoms with Gasteiger partial charge in [-0.1, -0.05) is 323 Å². The molecule has 4 fully saturated rings. The van der Waals surface area contributed by atoms with Crippen molar-refractivity contribution in [2.75, 3.05) is 0 Å². The summed E-state index contributed by atoms with van der Waals surface area (Å²) in [5.74, 6) is 0. The Morgan fingerprint density at radius 2 is 0.352 bits per heavy atom. The Hall–Kier alpha value is -10.0. The van der Waals surface area contributed by atoms with Crippen LogP contribution in [-0.2, 0) is 37.2 Å². The molecule has 0 aromatic heterocycles. The van der Waals surface area contributed by atoms with Gasteiger partial charge in [-0.3, -0.25) is 0 Å². The van der Waals surface area contributed by atoms with Crippen LogP contribution in [0.1, 0.15) is 111 Å². The van der Waals surface area contributed by atoms with Crippen molar-refractivity contribution in [3.05, 3.63) is 324 Å². The van der Waals surface area contributed by atoms with Gasteiger partial charge in [0.25, 0.3) is 0 Å². The maximum absolute atomic E-state index is 6.73. The topological polar surface area (TPSA) is 73.8 Å². The van der Waals surface area contributed by atoms with Crippen LogP contribution >= 0.6 is 31.9 Å². The highest BCUT2D eigenvalue weighted by molar-refractivity contribution is 9.10. The molecule has 122 heavy (non-hydrogen) atoms. The van der Waals surface area contributed by atoms with Gasteiger partial charge in [0.05, 0.1) is 44.8 Å². The molecule has 0 atom stereocenters. The number of hydrogen-bond acceptors (Lipinski definition) is 8. The van der Waals surface area contributed by atoms with Gasteiger partial charge in [-0.15, -0.1) is 0 Å². The van der Waals surface area contributed by atoms with E-state index in [1.165, 1.54) is 110 Å². The fourth-order valence-electron chi connectivity index (χ4n) is 17.9. The van der Waals surface area contributed by atoms with Crippen molar-refractivity contribution in [1.82, 2.24) is 0 Å². The summed E-state index contributed by atoms with van der Waals surface area (Å²) in [7, 11) is -2.00. The molecule has 0 bridgehead atoms. The van der Waals surface area contributed by atoms with E-state index in [2.05, 4.69) is 403 Å². The number of halogens is 2. The molecular formula is C108H100B4Br2O8. The van der Waals surface area contributed by atoms with E-state index >= 15 is 0 Å². The predicted octanol–water partition coefficient (Wildman–Crippen LogP) is 28.0. The molecule has 4 aliphatic rings. The van der Waals surface area contributed by atoms with Crippen molar-refractivity contribution >= 4 is 136 Å². The summed E-state index contributed by atoms with van der Waals surface area (Å²) in [5.41, 5.74) is 17.7. The summed E-state index contributed by atoms with van der Waals surface area (Å²) in [6.45, 7) is 33.1. The fourth-order valence-corrected chi connectivity index (χ4v) is 18.6. The first-order valence-electron chi connectivity index (χ1n) is 42.5. The maximum atomic E-state index is 6.73. The molecule has 16 aromatic carbocycles. The first-order chi connectivity index (χ1) is 58.3. The van der Waals surface area contributed by atoms with E-state index in [4.69, 9.17) is 37.2 Å². The number of rotatable bonds is 11. The SMILES string of the molecule is Brc1ccc2c3ccc(Br)cc3c3c(-c4ccccc4)c(-c4ccccc4)c(-c4ccccc4)c(-c4ccccc4)c3c2c1.CC1(C)OB(B2OC(C)(C)C(C)(C)O2)OC1(C)C.CC1(C)OB(c2ccc3c4ccc(B5OC(C)(C)C(C)(C)O5)cc4c4c(-c5ccccc5)c(-c5ccccc5)c(-c5ccccc5)c(-c5ccccc5)c4c3c2)OC1(C)C. The monoisotopic (exact) mass is 1730 g/mol. The summed E-state index contributed by atoms with van der Waals surface area (Å²) in [5, 5.41) is 14.4. The van der Waals surface area contributed by atoms with Crippen LogP contribution < -0.4 is 10.9 Å². The largest absolute Gasteiger partial charge is 0.494 e. The number of hydrogen-bond donors (Lipinski definition) is 0. The molecule has 606 valence electrons. The van der Waals surface area contributed by atoms with Gasteiger partial charge in [0, 0.05) is 8.95 Å². The first-order valence-corrected chi connectivity index (χ1v) is 44.1. The van der Waals surface area contributed by atoms with E-state index in [9.17, 15) is 0 Å². The normalized spacial score (nSPS) is 17.6. The molecular weight excluding hydrogens is 1630 g/mol. The molecule has 16 aromatic rings. The fraction of sp³-hybridized carbons (Fsp3) is 0.222. The molecule has 0 spiro atoms. The van der Waals surface area contributed by atoms with Gasteiger partial charge in [0.1, 0.15) is 0 Å². The van der Waals surface area contributed by atoms with Gasteiger partial charge in [0.15, 0.2) is 0 Å². The van der Waals surface area contributed by atoms with Crippen LogP contribution in [-0.4, -0.2) is 73.1 Å². The first kappa shape index (κ1) is 82.9. The highest BCUT2D eigenvalue weighted by Gasteiger charge is 2.64. The third-order valence-corrected chi connectivity index (χ3v) is 28.0. The molecule has 0 amide bonds. The molecule has 14 heteroatoms. The van der Waals surface area contributed by atoms with Crippen LogP contribution in [0.5, 0.6) is 0 Å². The van der Waals surface area contributed by atoms with E-state index in [1.54, 1.807) is 0 Å². The summed E-state index contributed by atoms with van der Waals surface area (Å²) < 4.78 is 52.9. The van der Waals surface area contributed by atoms with E-state index < -0.39 is 50.7 Å². The van der Waals surface area contributed by atoms with Crippen LogP contribution in [0.4, 0.5) is 0 Å². The minimum Gasteiger partial charge on any atom is -0.405 e. The third-order valence-electron chi connectivity index (χ3n) is 27.0. The second-order valence-corrected chi connectivity index (χ2v) is 38.7. The lowest BCUT2D eigenvalue weighted by Crippen LogP contribution is -2.41. The van der Waals surface area contributed by atoms with E-state index in [0.717, 1.165) is 63.7 Å². The lowest BCUT2D eigenvalue weighted by molar-refractivity contribution is 0.00578. The molecule has 4 heterocycles. The minimum absolute atomic E-state index is 0.360. The van der Waals surface area contributed by atoms with Gasteiger partial charge < -0.3 is 37.2 Å². The van der Waals surface area contributed by atoms with Gasteiger partial charge in [0.2, 0.25) is 0 Å². The Morgan fingerprint density at radius 1 is 0.180 bits per heavy atom. The zero-order valence-corrected chi connectivity index (χ0v) is 75.5. The van der Waals surface area contributed by atoms with Crippen molar-refractivity contribution in [1.29, 1.82) is 0 Å². The summed E-state index contributed by atoms with van der Waals surface area (Å²) in [6, 6.07) is 114. The van der Waals surface area contributed by atoms with Crippen LogP contribution in [0.25, 0.3) is 154 Å². The van der Waals surface area contributed by atoms with Crippen LogP contribution in [0, 0.1) is 0 Å². The summed E-state index contributed by atoms with van der Waals surface area (Å²) >= 11 is 7.69. The summed E-state index contributed by atoms with van der Waals surface area (Å²) in [6.07, 6.45) is 0. The Morgan fingerprint density at radius 3 is 0.557 bits per heavy atom. The third kappa shape index (κ3) is 14.7. The Kier molecular flexibility index (Phi) is 21.5. The van der Waals surface area contributed by atoms with Crippen molar-refractivity contribution in [2.24, 2.45) is 0 Å². The lowest BCUT2D eigenvalue weighted by Gasteiger charge is -2.32. The highest BCUT2D eigenvalue weighted by atomic mass is 79.9. The summed E-state index contributed by atoms with van der Waals surface area (Å²) in [4.78, 5) is 0. The van der Waals surface area contributed by atoms with Crippen molar-refractivity contribution in [3.63, 3.8) is 0 Å². The van der Waals surface area contributed by atoms with Gasteiger partial charge in [-0.2, -0.15) is 0 Å². The van der Waals surface area contributed by atoms with Crippen molar-refractivity contribution < 1.29 is 37.2 Å². The van der Waals surface area contributed by atoms with E-state index in [-0.39, 0.29) is 22.4 Å². The molecule has 0 radical (unpaired) electrons. The Labute approximate surface area is 736 Å². The molecule has 4 saturated heterocycles. The second-order valence-electron chi connectivity index (χ2n) is 36.8. The number of fused-ring (bicyclic) bond motifs is 12. The predicted molar refractivity (Wildman–Crippen MR) is 520 cm³/mol. The van der Waals surface area contributed by atoms with Crippen LogP contribution in [0.15, 0.2) is 324 Å². The molecule has 8 nitrogen and oxygen atoms in total. The average molecular weight is 1730 g/mol. The van der Waals surface area contributed by atoms with Crippen LogP contribution in [0.3, 0.4) is 0 Å². The lowest BCUT2D eigenvalue weighted by atomic mass is 9.49. The van der Waals surface area contributed by atoms with Gasteiger partial charge in [-0.25, -0.2) is 0 Å². The highest BCUT2D eigenvalue weighted by Crippen LogP contribution is 2.58. The maximum Gasteiger partial charge on any atom is 0.494 e. The molecule has 4 aliphatic heterocycles. The molecule has 0 unspecified atom stereocenters. The zero-order valence-electron chi connectivity index (χ0n) is 72.4. The quantitative estimate of drug-likeness (QED) is 0.0937. The van der Waals surface area contributed by atoms with Gasteiger partial charge >= 0.3 is 28.3 Å². The van der Waals surface area contributed by atoms with E-state index in [1.807, 2.05) is 55.4 Å². The van der Waals surface area contributed by atoms with E-state index in [0.29, 0.717) is 0 Å². The average Bonchev–Trinajstić information content (AvgIpc) is 0.862. The zero-order chi connectivity index (χ0) is 85.2. The Balaban J connectivity index is 0.000000143. The van der Waals surface area contributed by atoms with Crippen molar-refractivity contribution in [2.45, 2.75) is 156 Å². The van der Waals surface area contributed by atoms with Crippen LogP contribution in [0.2, 0.25) is 0 Å². The second kappa shape index (κ2) is 31.6. The molecule has 0 saturated carbocycles. The number of benzene rings is 16.